The zero-order valence-corrected chi connectivity index (χ0v) is 14.2. The minimum atomic E-state index is 0.896. The SMILES string of the molecule is CCn1c(C)c(CCCN2CCOCC2)c2cccc(C)c21. The lowest BCUT2D eigenvalue weighted by Crippen LogP contribution is -2.36. The molecule has 1 aromatic heterocycles. The van der Waals surface area contributed by atoms with Gasteiger partial charge in [-0.15, -0.1) is 0 Å². The average Bonchev–Trinajstić information content (AvgIpc) is 2.82. The molecule has 1 saturated heterocycles. The summed E-state index contributed by atoms with van der Waals surface area (Å²) in [7, 11) is 0. The van der Waals surface area contributed by atoms with Crippen LogP contribution in [0.4, 0.5) is 0 Å². The molecule has 3 heteroatoms. The maximum Gasteiger partial charge on any atom is 0.0594 e. The van der Waals surface area contributed by atoms with E-state index in [1.807, 2.05) is 0 Å². The summed E-state index contributed by atoms with van der Waals surface area (Å²) in [5.74, 6) is 0. The second-order valence-electron chi connectivity index (χ2n) is 6.34. The van der Waals surface area contributed by atoms with Crippen LogP contribution in [0.15, 0.2) is 18.2 Å². The Kier molecular flexibility index (Phi) is 4.84. The average molecular weight is 300 g/mol. The molecule has 1 aliphatic heterocycles. The summed E-state index contributed by atoms with van der Waals surface area (Å²) >= 11 is 0. The van der Waals surface area contributed by atoms with Gasteiger partial charge in [0.1, 0.15) is 0 Å². The minimum Gasteiger partial charge on any atom is -0.379 e. The smallest absolute Gasteiger partial charge is 0.0594 e. The molecular weight excluding hydrogens is 272 g/mol. The molecule has 1 fully saturated rings. The van der Waals surface area contributed by atoms with E-state index in [2.05, 4.69) is 48.4 Å². The molecule has 0 bridgehead atoms. The van der Waals surface area contributed by atoms with Gasteiger partial charge in [-0.1, -0.05) is 18.2 Å². The Morgan fingerprint density at radius 2 is 1.91 bits per heavy atom. The Morgan fingerprint density at radius 1 is 1.14 bits per heavy atom. The Hall–Kier alpha value is -1.32. The van der Waals surface area contributed by atoms with Crippen LogP contribution in [-0.2, 0) is 17.7 Å². The van der Waals surface area contributed by atoms with E-state index in [1.54, 1.807) is 5.56 Å². The maximum atomic E-state index is 5.43. The van der Waals surface area contributed by atoms with Crippen LogP contribution in [0.3, 0.4) is 0 Å². The first-order valence-corrected chi connectivity index (χ1v) is 8.59. The number of hydrogen-bond donors (Lipinski definition) is 0. The summed E-state index contributed by atoms with van der Waals surface area (Å²) in [6, 6.07) is 6.72. The van der Waals surface area contributed by atoms with Crippen molar-refractivity contribution in [1.29, 1.82) is 0 Å². The molecule has 0 spiro atoms. The van der Waals surface area contributed by atoms with Gasteiger partial charge in [-0.05, 0) is 51.3 Å². The minimum absolute atomic E-state index is 0.896. The predicted octanol–water partition coefficient (Wildman–Crippen LogP) is 3.54. The number of hydrogen-bond acceptors (Lipinski definition) is 2. The van der Waals surface area contributed by atoms with Crippen molar-refractivity contribution >= 4 is 10.9 Å². The quantitative estimate of drug-likeness (QED) is 0.840. The van der Waals surface area contributed by atoms with E-state index < -0.39 is 0 Å². The number of benzene rings is 1. The molecule has 3 rings (SSSR count). The van der Waals surface area contributed by atoms with Gasteiger partial charge in [-0.25, -0.2) is 0 Å². The summed E-state index contributed by atoms with van der Waals surface area (Å²) in [4.78, 5) is 2.53. The van der Waals surface area contributed by atoms with Gasteiger partial charge >= 0.3 is 0 Å². The van der Waals surface area contributed by atoms with Crippen molar-refractivity contribution in [3.8, 4) is 0 Å². The van der Waals surface area contributed by atoms with E-state index in [9.17, 15) is 0 Å². The summed E-state index contributed by atoms with van der Waals surface area (Å²) in [5.41, 5.74) is 5.83. The van der Waals surface area contributed by atoms with E-state index in [1.165, 1.54) is 41.5 Å². The van der Waals surface area contributed by atoms with Gasteiger partial charge in [0.15, 0.2) is 0 Å². The third kappa shape index (κ3) is 2.92. The van der Waals surface area contributed by atoms with Crippen molar-refractivity contribution in [3.05, 3.63) is 35.0 Å². The summed E-state index contributed by atoms with van der Waals surface area (Å²) in [6.45, 7) is 13.0. The van der Waals surface area contributed by atoms with Crippen LogP contribution < -0.4 is 0 Å². The number of aryl methyl sites for hydroxylation is 3. The fraction of sp³-hybridized carbons (Fsp3) is 0.579. The first-order chi connectivity index (χ1) is 10.7. The molecule has 0 saturated carbocycles. The molecule has 1 aromatic carbocycles. The molecule has 0 N–H and O–H groups in total. The van der Waals surface area contributed by atoms with E-state index in [-0.39, 0.29) is 0 Å². The van der Waals surface area contributed by atoms with Crippen molar-refractivity contribution in [1.82, 2.24) is 9.47 Å². The van der Waals surface area contributed by atoms with Crippen LogP contribution in [0, 0.1) is 13.8 Å². The first-order valence-electron chi connectivity index (χ1n) is 8.59. The highest BCUT2D eigenvalue weighted by Gasteiger charge is 2.15. The van der Waals surface area contributed by atoms with Crippen molar-refractivity contribution in [2.75, 3.05) is 32.8 Å². The number of morpholine rings is 1. The molecule has 22 heavy (non-hydrogen) atoms. The number of fused-ring (bicyclic) bond motifs is 1. The van der Waals surface area contributed by atoms with Crippen LogP contribution in [0.2, 0.25) is 0 Å². The number of para-hydroxylation sites is 1. The predicted molar refractivity (Wildman–Crippen MR) is 92.7 cm³/mol. The van der Waals surface area contributed by atoms with Gasteiger partial charge < -0.3 is 9.30 Å². The topological polar surface area (TPSA) is 17.4 Å². The van der Waals surface area contributed by atoms with Crippen molar-refractivity contribution < 1.29 is 4.74 Å². The lowest BCUT2D eigenvalue weighted by molar-refractivity contribution is 0.0375. The largest absolute Gasteiger partial charge is 0.379 e. The Bertz CT molecular complexity index is 638. The third-order valence-electron chi connectivity index (χ3n) is 5.00. The molecule has 2 aromatic rings. The molecule has 2 heterocycles. The van der Waals surface area contributed by atoms with Crippen LogP contribution >= 0.6 is 0 Å². The van der Waals surface area contributed by atoms with Gasteiger partial charge in [0, 0.05) is 30.7 Å². The highest BCUT2D eigenvalue weighted by Crippen LogP contribution is 2.29. The van der Waals surface area contributed by atoms with Gasteiger partial charge in [0.05, 0.1) is 18.7 Å². The van der Waals surface area contributed by atoms with Gasteiger partial charge in [0.2, 0.25) is 0 Å². The molecule has 0 aliphatic carbocycles. The van der Waals surface area contributed by atoms with Crippen molar-refractivity contribution in [2.24, 2.45) is 0 Å². The third-order valence-corrected chi connectivity index (χ3v) is 5.00. The summed E-state index contributed by atoms with van der Waals surface area (Å²) < 4.78 is 7.91. The first kappa shape index (κ1) is 15.6. The highest BCUT2D eigenvalue weighted by atomic mass is 16.5. The monoisotopic (exact) mass is 300 g/mol. The van der Waals surface area contributed by atoms with E-state index >= 15 is 0 Å². The fourth-order valence-electron chi connectivity index (χ4n) is 3.80. The lowest BCUT2D eigenvalue weighted by Gasteiger charge is -2.26. The normalized spacial score (nSPS) is 16.5. The van der Waals surface area contributed by atoms with Crippen LogP contribution in [-0.4, -0.2) is 42.3 Å². The summed E-state index contributed by atoms with van der Waals surface area (Å²) in [6.07, 6.45) is 2.41. The van der Waals surface area contributed by atoms with Crippen LogP contribution in [0.25, 0.3) is 10.9 Å². The Labute approximate surface area is 133 Å². The molecule has 0 atom stereocenters. The van der Waals surface area contributed by atoms with Crippen molar-refractivity contribution in [3.63, 3.8) is 0 Å². The number of aromatic nitrogens is 1. The standard InChI is InChI=1S/C19H28N2O/c1-4-21-16(3)17(18-8-5-7-15(2)19(18)21)9-6-10-20-11-13-22-14-12-20/h5,7-8H,4,6,9-14H2,1-3H3. The maximum absolute atomic E-state index is 5.43. The highest BCUT2D eigenvalue weighted by molar-refractivity contribution is 5.88. The van der Waals surface area contributed by atoms with E-state index in [0.29, 0.717) is 0 Å². The second kappa shape index (κ2) is 6.84. The number of ether oxygens (including phenoxy) is 1. The molecule has 0 radical (unpaired) electrons. The van der Waals surface area contributed by atoms with Gasteiger partial charge in [-0.2, -0.15) is 0 Å². The zero-order chi connectivity index (χ0) is 15.5. The summed E-state index contributed by atoms with van der Waals surface area (Å²) in [5, 5.41) is 1.46. The lowest BCUT2D eigenvalue weighted by atomic mass is 10.0. The van der Waals surface area contributed by atoms with Crippen LogP contribution in [0.1, 0.15) is 30.2 Å². The van der Waals surface area contributed by atoms with Gasteiger partial charge in [-0.3, -0.25) is 4.90 Å². The second-order valence-corrected chi connectivity index (χ2v) is 6.34. The molecule has 1 aliphatic rings. The van der Waals surface area contributed by atoms with E-state index in [0.717, 1.165) is 32.8 Å². The molecular formula is C19H28N2O. The Morgan fingerprint density at radius 3 is 2.64 bits per heavy atom. The van der Waals surface area contributed by atoms with Crippen LogP contribution in [0.5, 0.6) is 0 Å². The number of nitrogens with zero attached hydrogens (tertiary/aromatic N) is 2. The molecule has 120 valence electrons. The zero-order valence-electron chi connectivity index (χ0n) is 14.2. The molecule has 3 nitrogen and oxygen atoms in total. The molecule has 0 unspecified atom stereocenters. The molecule has 0 amide bonds. The fourth-order valence-corrected chi connectivity index (χ4v) is 3.80. The number of rotatable bonds is 5. The van der Waals surface area contributed by atoms with E-state index in [4.69, 9.17) is 4.74 Å². The van der Waals surface area contributed by atoms with Gasteiger partial charge in [0.25, 0.3) is 0 Å². The Balaban J connectivity index is 1.78. The van der Waals surface area contributed by atoms with Crippen molar-refractivity contribution in [2.45, 2.75) is 40.2 Å².